The molecule has 0 bridgehead atoms. The molecular weight excluding hydrogens is 322 g/mol. The van der Waals surface area contributed by atoms with Crippen molar-refractivity contribution in [1.82, 2.24) is 9.29 Å². The van der Waals surface area contributed by atoms with E-state index >= 15 is 0 Å². The van der Waals surface area contributed by atoms with Crippen molar-refractivity contribution in [3.8, 4) is 0 Å². The van der Waals surface area contributed by atoms with Gasteiger partial charge in [-0.3, -0.25) is 0 Å². The number of rotatable bonds is 6. The van der Waals surface area contributed by atoms with E-state index in [0.29, 0.717) is 13.1 Å². The van der Waals surface area contributed by atoms with Crippen molar-refractivity contribution < 1.29 is 23.1 Å². The molecule has 1 fully saturated rings. The molecule has 0 saturated carbocycles. The van der Waals surface area contributed by atoms with Gasteiger partial charge in [-0.1, -0.05) is 0 Å². The largest absolute Gasteiger partial charge is 0.478 e. The van der Waals surface area contributed by atoms with Crippen LogP contribution in [0.2, 0.25) is 0 Å². The zero-order valence-electron chi connectivity index (χ0n) is 13.1. The molecule has 1 aliphatic heterocycles. The first kappa shape index (κ1) is 17.6. The normalized spacial score (nSPS) is 22.7. The zero-order valence-corrected chi connectivity index (χ0v) is 13.9. The lowest BCUT2D eigenvalue weighted by Gasteiger charge is -2.34. The molecule has 2 rings (SSSR count). The van der Waals surface area contributed by atoms with Crippen LogP contribution < -0.4 is 5.32 Å². The number of anilines is 1. The maximum absolute atomic E-state index is 12.4. The van der Waals surface area contributed by atoms with Crippen LogP contribution in [0.5, 0.6) is 0 Å². The Hall–Kier alpha value is -1.71. The highest BCUT2D eigenvalue weighted by molar-refractivity contribution is 7.89. The first-order valence-electron chi connectivity index (χ1n) is 7.35. The number of nitrogens with one attached hydrogen (secondary N) is 1. The molecule has 128 valence electrons. The number of sulfonamides is 1. The van der Waals surface area contributed by atoms with Crippen LogP contribution in [0.15, 0.2) is 18.3 Å². The van der Waals surface area contributed by atoms with Gasteiger partial charge < -0.3 is 15.2 Å². The Kier molecular flexibility index (Phi) is 5.55. The summed E-state index contributed by atoms with van der Waals surface area (Å²) in [6, 6.07) is 2.93. The third kappa shape index (κ3) is 4.63. The Morgan fingerprint density at radius 1 is 1.43 bits per heavy atom. The van der Waals surface area contributed by atoms with Gasteiger partial charge in [0.05, 0.1) is 18.0 Å². The van der Waals surface area contributed by atoms with Crippen molar-refractivity contribution in [2.75, 3.05) is 30.7 Å². The Bertz CT molecular complexity index is 654. The predicted molar refractivity (Wildman–Crippen MR) is 85.1 cm³/mol. The number of morpholine rings is 1. The molecule has 1 aromatic heterocycles. The first-order chi connectivity index (χ1) is 10.8. The average molecular weight is 343 g/mol. The van der Waals surface area contributed by atoms with Gasteiger partial charge in [-0.2, -0.15) is 4.31 Å². The molecule has 2 heterocycles. The van der Waals surface area contributed by atoms with Crippen LogP contribution in [0.25, 0.3) is 0 Å². The molecule has 1 aromatic rings. The lowest BCUT2D eigenvalue weighted by Crippen LogP contribution is -2.49. The first-order valence-corrected chi connectivity index (χ1v) is 8.96. The van der Waals surface area contributed by atoms with E-state index in [1.807, 2.05) is 13.8 Å². The van der Waals surface area contributed by atoms with E-state index in [1.165, 1.54) is 22.6 Å². The highest BCUT2D eigenvalue weighted by Gasteiger charge is 2.30. The number of carboxylic acids is 1. The van der Waals surface area contributed by atoms with Gasteiger partial charge in [0.25, 0.3) is 0 Å². The molecule has 2 atom stereocenters. The van der Waals surface area contributed by atoms with Gasteiger partial charge in [0.15, 0.2) is 0 Å². The number of carboxylic acid groups (broad SMARTS) is 1. The number of aromatic nitrogens is 1. The van der Waals surface area contributed by atoms with Crippen LogP contribution in [0.4, 0.5) is 5.82 Å². The number of pyridine rings is 1. The van der Waals surface area contributed by atoms with Crippen LogP contribution in [0.1, 0.15) is 24.2 Å². The van der Waals surface area contributed by atoms with Crippen molar-refractivity contribution in [3.63, 3.8) is 0 Å². The second kappa shape index (κ2) is 7.24. The fourth-order valence-corrected chi connectivity index (χ4v) is 4.00. The van der Waals surface area contributed by atoms with Crippen LogP contribution in [0.3, 0.4) is 0 Å². The monoisotopic (exact) mass is 343 g/mol. The van der Waals surface area contributed by atoms with Crippen molar-refractivity contribution in [1.29, 1.82) is 0 Å². The predicted octanol–water partition coefficient (Wildman–Crippen LogP) is 0.631. The van der Waals surface area contributed by atoms with Gasteiger partial charge in [0.1, 0.15) is 11.4 Å². The van der Waals surface area contributed by atoms with Crippen molar-refractivity contribution in [3.05, 3.63) is 23.9 Å². The van der Waals surface area contributed by atoms with E-state index in [0.717, 1.165) is 0 Å². The summed E-state index contributed by atoms with van der Waals surface area (Å²) < 4.78 is 31.7. The minimum absolute atomic E-state index is 0.0125. The third-order valence-electron chi connectivity index (χ3n) is 3.47. The van der Waals surface area contributed by atoms with E-state index in [2.05, 4.69) is 10.3 Å². The zero-order chi connectivity index (χ0) is 17.0. The van der Waals surface area contributed by atoms with Crippen LogP contribution in [-0.2, 0) is 14.8 Å². The number of nitrogens with zero attached hydrogens (tertiary/aromatic N) is 2. The molecule has 0 radical (unpaired) electrons. The van der Waals surface area contributed by atoms with Gasteiger partial charge in [0, 0.05) is 25.8 Å². The molecule has 2 unspecified atom stereocenters. The molecule has 23 heavy (non-hydrogen) atoms. The molecule has 0 aliphatic carbocycles. The summed E-state index contributed by atoms with van der Waals surface area (Å²) >= 11 is 0. The highest BCUT2D eigenvalue weighted by atomic mass is 32.2. The summed E-state index contributed by atoms with van der Waals surface area (Å²) in [6.07, 6.45) is 1.17. The molecule has 2 N–H and O–H groups in total. The fourth-order valence-electron chi connectivity index (χ4n) is 2.50. The minimum atomic E-state index is -3.44. The molecule has 1 aliphatic rings. The van der Waals surface area contributed by atoms with Gasteiger partial charge >= 0.3 is 5.97 Å². The smallest absolute Gasteiger partial charge is 0.339 e. The topological polar surface area (TPSA) is 109 Å². The Labute approximate surface area is 135 Å². The average Bonchev–Trinajstić information content (AvgIpc) is 2.46. The van der Waals surface area contributed by atoms with Crippen molar-refractivity contribution in [2.45, 2.75) is 26.1 Å². The molecule has 0 spiro atoms. The standard InChI is InChI=1S/C14H21N3O5S/c1-10-8-17(9-11(2)22-10)23(20,21)7-6-16-13-12(14(18)19)4-3-5-15-13/h3-5,10-11H,6-9H2,1-2H3,(H,15,16)(H,18,19). The van der Waals surface area contributed by atoms with E-state index in [1.54, 1.807) is 0 Å². The lowest BCUT2D eigenvalue weighted by atomic mass is 10.2. The quantitative estimate of drug-likeness (QED) is 0.780. The summed E-state index contributed by atoms with van der Waals surface area (Å²) in [5.41, 5.74) is 0.0125. The fraction of sp³-hybridized carbons (Fsp3) is 0.571. The van der Waals surface area contributed by atoms with Gasteiger partial charge in [-0.05, 0) is 26.0 Å². The van der Waals surface area contributed by atoms with Crippen LogP contribution >= 0.6 is 0 Å². The number of carbonyl (C=O) groups is 1. The van der Waals surface area contributed by atoms with Gasteiger partial charge in [-0.15, -0.1) is 0 Å². The van der Waals surface area contributed by atoms with E-state index in [-0.39, 0.29) is 35.9 Å². The maximum Gasteiger partial charge on any atom is 0.339 e. The molecular formula is C14H21N3O5S. The SMILES string of the molecule is CC1CN(S(=O)(=O)CCNc2ncccc2C(=O)O)CC(C)O1. The maximum atomic E-state index is 12.4. The van der Waals surface area contributed by atoms with Crippen LogP contribution in [0, 0.1) is 0 Å². The summed E-state index contributed by atoms with van der Waals surface area (Å²) in [7, 11) is -3.44. The molecule has 0 aromatic carbocycles. The Morgan fingerprint density at radius 3 is 2.70 bits per heavy atom. The van der Waals surface area contributed by atoms with Crippen molar-refractivity contribution in [2.24, 2.45) is 0 Å². The van der Waals surface area contributed by atoms with E-state index < -0.39 is 16.0 Å². The summed E-state index contributed by atoms with van der Waals surface area (Å²) in [4.78, 5) is 15.0. The molecule has 0 amide bonds. The third-order valence-corrected chi connectivity index (χ3v) is 5.28. The van der Waals surface area contributed by atoms with Gasteiger partial charge in [-0.25, -0.2) is 18.2 Å². The van der Waals surface area contributed by atoms with E-state index in [4.69, 9.17) is 9.84 Å². The number of hydrogen-bond donors (Lipinski definition) is 2. The Balaban J connectivity index is 1.96. The summed E-state index contributed by atoms with van der Waals surface area (Å²) in [5, 5.41) is 11.8. The van der Waals surface area contributed by atoms with Gasteiger partial charge in [0.2, 0.25) is 10.0 Å². The highest BCUT2D eigenvalue weighted by Crippen LogP contribution is 2.15. The van der Waals surface area contributed by atoms with Crippen molar-refractivity contribution >= 4 is 21.8 Å². The second-order valence-corrected chi connectivity index (χ2v) is 7.61. The lowest BCUT2D eigenvalue weighted by molar-refractivity contribution is -0.0440. The minimum Gasteiger partial charge on any atom is -0.478 e. The molecule has 9 heteroatoms. The molecule has 1 saturated heterocycles. The molecule has 8 nitrogen and oxygen atoms in total. The van der Waals surface area contributed by atoms with E-state index in [9.17, 15) is 13.2 Å². The number of hydrogen-bond acceptors (Lipinski definition) is 6. The summed E-state index contributed by atoms with van der Waals surface area (Å²) in [6.45, 7) is 4.42. The number of ether oxygens (including phenoxy) is 1. The second-order valence-electron chi connectivity index (χ2n) is 5.52. The number of aromatic carboxylic acids is 1. The van der Waals surface area contributed by atoms with Crippen LogP contribution in [-0.4, -0.2) is 66.4 Å². The Morgan fingerprint density at radius 2 is 2.09 bits per heavy atom. The summed E-state index contributed by atoms with van der Waals surface area (Å²) in [5.74, 6) is -1.08.